The van der Waals surface area contributed by atoms with Crippen LogP contribution in [0, 0.1) is 22.7 Å². The van der Waals surface area contributed by atoms with Crippen LogP contribution in [-0.4, -0.2) is 0 Å². The minimum absolute atomic E-state index is 0.400. The van der Waals surface area contributed by atoms with E-state index in [1.807, 2.05) is 66.7 Å². The predicted octanol–water partition coefficient (Wildman–Crippen LogP) is 4.84. The lowest BCUT2D eigenvalue weighted by molar-refractivity contribution is 1.43. The smallest absolute Gasteiger partial charge is 0.101 e. The summed E-state index contributed by atoms with van der Waals surface area (Å²) in [7, 11) is 0. The van der Waals surface area contributed by atoms with Crippen molar-refractivity contribution in [1.29, 1.82) is 10.5 Å². The van der Waals surface area contributed by atoms with Gasteiger partial charge in [-0.15, -0.1) is 0 Å². The molecule has 3 heteroatoms. The Morgan fingerprint density at radius 2 is 1.22 bits per heavy atom. The second-order valence-corrected chi connectivity index (χ2v) is 5.05. The van der Waals surface area contributed by atoms with E-state index < -0.39 is 0 Å². The van der Waals surface area contributed by atoms with Crippen molar-refractivity contribution in [2.45, 2.75) is 0 Å². The quantitative estimate of drug-likeness (QED) is 0.752. The second kappa shape index (κ2) is 6.47. The molecule has 0 amide bonds. The number of nitriles is 2. The minimum atomic E-state index is 0.400. The van der Waals surface area contributed by atoms with Crippen molar-refractivity contribution in [3.63, 3.8) is 0 Å². The Morgan fingerprint density at radius 3 is 1.87 bits per heavy atom. The molecular formula is C20H13N3. The van der Waals surface area contributed by atoms with Gasteiger partial charge in [0.15, 0.2) is 0 Å². The van der Waals surface area contributed by atoms with Gasteiger partial charge in [-0.3, -0.25) is 0 Å². The monoisotopic (exact) mass is 295 g/mol. The van der Waals surface area contributed by atoms with Gasteiger partial charge in [-0.05, 0) is 47.5 Å². The Hall–Kier alpha value is -3.56. The predicted molar refractivity (Wildman–Crippen MR) is 91.0 cm³/mol. The van der Waals surface area contributed by atoms with Gasteiger partial charge in [-0.2, -0.15) is 10.5 Å². The summed E-state index contributed by atoms with van der Waals surface area (Å²) in [4.78, 5) is 0. The van der Waals surface area contributed by atoms with Crippen LogP contribution in [0.25, 0.3) is 11.1 Å². The van der Waals surface area contributed by atoms with Crippen LogP contribution in [0.4, 0.5) is 11.4 Å². The van der Waals surface area contributed by atoms with E-state index in [1.165, 1.54) is 0 Å². The number of rotatable bonds is 3. The number of para-hydroxylation sites is 1. The third kappa shape index (κ3) is 3.20. The zero-order valence-electron chi connectivity index (χ0n) is 12.3. The van der Waals surface area contributed by atoms with E-state index >= 15 is 0 Å². The van der Waals surface area contributed by atoms with Crippen LogP contribution in [0.3, 0.4) is 0 Å². The Labute approximate surface area is 135 Å². The molecule has 23 heavy (non-hydrogen) atoms. The van der Waals surface area contributed by atoms with Gasteiger partial charge in [-0.25, -0.2) is 0 Å². The zero-order valence-corrected chi connectivity index (χ0v) is 12.3. The summed E-state index contributed by atoms with van der Waals surface area (Å²) in [5.41, 5.74) is 4.76. The van der Waals surface area contributed by atoms with Crippen molar-refractivity contribution in [3.05, 3.63) is 83.9 Å². The Kier molecular flexibility index (Phi) is 4.05. The van der Waals surface area contributed by atoms with E-state index in [4.69, 9.17) is 10.5 Å². The molecule has 0 fully saturated rings. The largest absolute Gasteiger partial charge is 0.356 e. The fourth-order valence-electron chi connectivity index (χ4n) is 2.35. The first kappa shape index (κ1) is 14.4. The Morgan fingerprint density at radius 1 is 0.609 bits per heavy atom. The average Bonchev–Trinajstić information content (AvgIpc) is 2.62. The van der Waals surface area contributed by atoms with Gasteiger partial charge in [0.25, 0.3) is 0 Å². The molecule has 0 aliphatic carbocycles. The molecule has 0 saturated heterocycles. The molecule has 0 saturated carbocycles. The van der Waals surface area contributed by atoms with Gasteiger partial charge in [0.05, 0.1) is 11.1 Å². The molecular weight excluding hydrogens is 282 g/mol. The highest BCUT2D eigenvalue weighted by atomic mass is 14.9. The van der Waals surface area contributed by atoms with Crippen LogP contribution < -0.4 is 5.32 Å². The van der Waals surface area contributed by atoms with Crippen molar-refractivity contribution in [1.82, 2.24) is 0 Å². The summed E-state index contributed by atoms with van der Waals surface area (Å²) in [6.07, 6.45) is 0. The molecule has 3 aromatic carbocycles. The molecule has 3 aromatic rings. The maximum absolute atomic E-state index is 9.12. The summed E-state index contributed by atoms with van der Waals surface area (Å²) in [6.45, 7) is 0. The van der Waals surface area contributed by atoms with Crippen molar-refractivity contribution in [2.24, 2.45) is 0 Å². The molecule has 1 N–H and O–H groups in total. The van der Waals surface area contributed by atoms with Crippen LogP contribution in [-0.2, 0) is 0 Å². The molecule has 0 aliphatic rings. The molecule has 3 nitrogen and oxygen atoms in total. The van der Waals surface area contributed by atoms with E-state index in [-0.39, 0.29) is 0 Å². The van der Waals surface area contributed by atoms with Crippen molar-refractivity contribution >= 4 is 11.4 Å². The summed E-state index contributed by atoms with van der Waals surface area (Å²) in [6, 6.07) is 27.3. The maximum Gasteiger partial charge on any atom is 0.101 e. The van der Waals surface area contributed by atoms with Gasteiger partial charge in [-0.1, -0.05) is 36.4 Å². The summed E-state index contributed by atoms with van der Waals surface area (Å²) in [5.74, 6) is 0. The van der Waals surface area contributed by atoms with Gasteiger partial charge in [0, 0.05) is 11.4 Å². The molecule has 0 heterocycles. The van der Waals surface area contributed by atoms with E-state index in [2.05, 4.69) is 11.4 Å². The highest BCUT2D eigenvalue weighted by Gasteiger charge is 2.05. The van der Waals surface area contributed by atoms with E-state index in [0.717, 1.165) is 22.5 Å². The lowest BCUT2D eigenvalue weighted by Crippen LogP contribution is -1.90. The van der Waals surface area contributed by atoms with Crippen LogP contribution in [0.5, 0.6) is 0 Å². The number of benzene rings is 3. The van der Waals surface area contributed by atoms with Crippen molar-refractivity contribution in [3.8, 4) is 23.3 Å². The van der Waals surface area contributed by atoms with Crippen molar-refractivity contribution < 1.29 is 0 Å². The van der Waals surface area contributed by atoms with E-state index in [1.54, 1.807) is 12.1 Å². The van der Waals surface area contributed by atoms with E-state index in [0.29, 0.717) is 11.1 Å². The maximum atomic E-state index is 9.12. The lowest BCUT2D eigenvalue weighted by atomic mass is 10.00. The van der Waals surface area contributed by atoms with Gasteiger partial charge < -0.3 is 5.32 Å². The van der Waals surface area contributed by atoms with Crippen molar-refractivity contribution in [2.75, 3.05) is 5.32 Å². The molecule has 0 aromatic heterocycles. The first-order valence-corrected chi connectivity index (χ1v) is 7.17. The summed E-state index contributed by atoms with van der Waals surface area (Å²) in [5, 5.41) is 21.4. The first-order valence-electron chi connectivity index (χ1n) is 7.17. The second-order valence-electron chi connectivity index (χ2n) is 5.05. The summed E-state index contributed by atoms with van der Waals surface area (Å²) < 4.78 is 0. The number of nitrogens with one attached hydrogen (secondary N) is 1. The third-order valence-corrected chi connectivity index (χ3v) is 3.54. The fraction of sp³-hybridized carbons (Fsp3) is 0. The minimum Gasteiger partial charge on any atom is -0.356 e. The zero-order chi connectivity index (χ0) is 16.1. The topological polar surface area (TPSA) is 59.6 Å². The van der Waals surface area contributed by atoms with Gasteiger partial charge in [0.2, 0.25) is 0 Å². The SMILES string of the molecule is N#Cc1ccc(-c2ccc(Nc3ccccc3)cc2)cc1C#N. The number of hydrogen-bond donors (Lipinski definition) is 1. The highest BCUT2D eigenvalue weighted by molar-refractivity contribution is 5.70. The van der Waals surface area contributed by atoms with Crippen LogP contribution >= 0.6 is 0 Å². The Bertz CT molecular complexity index is 898. The normalized spacial score (nSPS) is 9.65. The molecule has 0 spiro atoms. The van der Waals surface area contributed by atoms with E-state index in [9.17, 15) is 0 Å². The molecule has 0 radical (unpaired) electrons. The first-order chi connectivity index (χ1) is 11.3. The highest BCUT2D eigenvalue weighted by Crippen LogP contribution is 2.25. The molecule has 0 unspecified atom stereocenters. The molecule has 0 atom stereocenters. The molecule has 0 bridgehead atoms. The number of anilines is 2. The standard InChI is InChI=1S/C20H13N3/c21-13-17-7-6-16(12-18(17)14-22)15-8-10-20(11-9-15)23-19-4-2-1-3-5-19/h1-12,23H. The number of nitrogens with zero attached hydrogens (tertiary/aromatic N) is 2. The van der Waals surface area contributed by atoms with Gasteiger partial charge in [0.1, 0.15) is 12.1 Å². The van der Waals surface area contributed by atoms with Crippen LogP contribution in [0.2, 0.25) is 0 Å². The van der Waals surface area contributed by atoms with Crippen LogP contribution in [0.1, 0.15) is 11.1 Å². The Balaban J connectivity index is 1.85. The third-order valence-electron chi connectivity index (χ3n) is 3.54. The molecule has 108 valence electrons. The van der Waals surface area contributed by atoms with Gasteiger partial charge >= 0.3 is 0 Å². The summed E-state index contributed by atoms with van der Waals surface area (Å²) >= 11 is 0. The molecule has 3 rings (SSSR count). The average molecular weight is 295 g/mol. The fourth-order valence-corrected chi connectivity index (χ4v) is 2.35. The lowest BCUT2D eigenvalue weighted by Gasteiger charge is -2.08. The van der Waals surface area contributed by atoms with Crippen LogP contribution in [0.15, 0.2) is 72.8 Å². The number of hydrogen-bond acceptors (Lipinski definition) is 3. The molecule has 0 aliphatic heterocycles.